The van der Waals surface area contributed by atoms with Crippen molar-refractivity contribution in [3.05, 3.63) is 65.7 Å². The van der Waals surface area contributed by atoms with Gasteiger partial charge in [-0.15, -0.1) is 0 Å². The topological polar surface area (TPSA) is 89.0 Å². The largest absolute Gasteiger partial charge is 0.504 e. The second-order valence-corrected chi connectivity index (χ2v) is 12.4. The minimum Gasteiger partial charge on any atom is -0.504 e. The summed E-state index contributed by atoms with van der Waals surface area (Å²) in [5, 5.41) is 11.9. The quantitative estimate of drug-likeness (QED) is 0.358. The zero-order valence-corrected chi connectivity index (χ0v) is 27.2. The summed E-state index contributed by atoms with van der Waals surface area (Å²) in [6, 6.07) is 17.6. The predicted octanol–water partition coefficient (Wildman–Crippen LogP) is 4.21. The number of likely N-dealkylation sites (N-methyl/N-ethyl adjacent to an activating group) is 1. The number of ether oxygens (including phenoxy) is 2. The molecule has 0 aliphatic carbocycles. The number of anilines is 1. The fraction of sp³-hybridized carbons (Fsp3) is 0.486. The number of nitrogens with zero attached hydrogens (tertiary/aromatic N) is 5. The average Bonchev–Trinajstić information content (AvgIpc) is 3.58. The van der Waals surface area contributed by atoms with Gasteiger partial charge in [0, 0.05) is 57.9 Å². The van der Waals surface area contributed by atoms with Gasteiger partial charge in [-0.2, -0.15) is 0 Å². The third-order valence-electron chi connectivity index (χ3n) is 9.00. The number of hydrogen-bond donors (Lipinski definition) is 1. The van der Waals surface area contributed by atoms with Crippen molar-refractivity contribution in [2.24, 2.45) is 0 Å². The Labute approximate surface area is 266 Å². The van der Waals surface area contributed by atoms with E-state index < -0.39 is 0 Å². The minimum atomic E-state index is -0.325. The first-order chi connectivity index (χ1) is 21.7. The van der Waals surface area contributed by atoms with Crippen LogP contribution < -0.4 is 9.64 Å². The highest BCUT2D eigenvalue weighted by molar-refractivity contribution is 6.05. The number of phenolic OH excluding ortho intramolecular Hbond substituents is 1. The number of benzene rings is 3. The van der Waals surface area contributed by atoms with Crippen LogP contribution in [0.15, 0.2) is 54.6 Å². The fourth-order valence-electron chi connectivity index (χ4n) is 6.54. The summed E-state index contributed by atoms with van der Waals surface area (Å²) in [7, 11) is 9.70. The van der Waals surface area contributed by atoms with Crippen molar-refractivity contribution in [1.82, 2.24) is 19.6 Å². The van der Waals surface area contributed by atoms with E-state index in [1.165, 1.54) is 10.3 Å². The number of urea groups is 1. The zero-order valence-electron chi connectivity index (χ0n) is 27.2. The maximum atomic E-state index is 13.3. The molecule has 3 aliphatic rings. The van der Waals surface area contributed by atoms with Gasteiger partial charge >= 0.3 is 6.03 Å². The van der Waals surface area contributed by atoms with E-state index >= 15 is 0 Å². The number of rotatable bonds is 9. The van der Waals surface area contributed by atoms with E-state index in [9.17, 15) is 14.7 Å². The number of methoxy groups -OCH3 is 1. The van der Waals surface area contributed by atoms with Gasteiger partial charge in [0.15, 0.2) is 11.5 Å². The number of morpholine rings is 1. The van der Waals surface area contributed by atoms with Crippen molar-refractivity contribution >= 4 is 28.4 Å². The number of carbonyl (C=O) groups is 2. The van der Waals surface area contributed by atoms with Crippen LogP contribution in [0.3, 0.4) is 0 Å². The van der Waals surface area contributed by atoms with Gasteiger partial charge in [0.2, 0.25) is 0 Å². The van der Waals surface area contributed by atoms with Crippen LogP contribution in [0.2, 0.25) is 0 Å². The van der Waals surface area contributed by atoms with Crippen LogP contribution in [0.4, 0.5) is 10.5 Å². The first-order valence-corrected chi connectivity index (χ1v) is 15.8. The highest BCUT2D eigenvalue weighted by atomic mass is 16.5. The lowest BCUT2D eigenvalue weighted by Gasteiger charge is -2.29. The summed E-state index contributed by atoms with van der Waals surface area (Å²) in [6.45, 7) is 5.30. The van der Waals surface area contributed by atoms with Crippen molar-refractivity contribution in [3.8, 4) is 11.5 Å². The molecule has 0 spiro atoms. The lowest BCUT2D eigenvalue weighted by molar-refractivity contribution is -0.128. The molecular formula is C35H47N5O5. The molecule has 0 bridgehead atoms. The number of fused-ring (bicyclic) bond motifs is 2. The van der Waals surface area contributed by atoms with Crippen LogP contribution in [0.5, 0.6) is 11.5 Å². The van der Waals surface area contributed by atoms with Gasteiger partial charge in [-0.05, 0) is 68.1 Å². The van der Waals surface area contributed by atoms with Gasteiger partial charge in [0.05, 0.1) is 26.4 Å². The molecule has 242 valence electrons. The van der Waals surface area contributed by atoms with E-state index in [0.717, 1.165) is 61.1 Å². The van der Waals surface area contributed by atoms with E-state index in [0.29, 0.717) is 32.1 Å². The first kappa shape index (κ1) is 32.5. The van der Waals surface area contributed by atoms with Crippen molar-refractivity contribution in [2.75, 3.05) is 86.1 Å². The molecule has 3 fully saturated rings. The number of aromatic hydroxyl groups is 1. The Balaban J connectivity index is 0.000000241. The van der Waals surface area contributed by atoms with Crippen LogP contribution in [-0.4, -0.2) is 124 Å². The lowest BCUT2D eigenvalue weighted by Crippen LogP contribution is -2.43. The summed E-state index contributed by atoms with van der Waals surface area (Å²) in [6.07, 6.45) is 2.49. The molecule has 3 aromatic carbocycles. The Morgan fingerprint density at radius 1 is 0.911 bits per heavy atom. The molecule has 1 N–H and O–H groups in total. The molecule has 2 atom stereocenters. The normalized spacial score (nSPS) is 20.0. The Hall–Kier alpha value is -3.86. The third-order valence-corrected chi connectivity index (χ3v) is 9.00. The highest BCUT2D eigenvalue weighted by Crippen LogP contribution is 2.44. The summed E-state index contributed by atoms with van der Waals surface area (Å²) >= 11 is 0. The standard InChI is InChI=1S/C24H30N4O3.C11H17NO2/c1-25(2)20-8-7-19(17-5-3-4-6-18(17)20)21-9-10-22-23(29)27(24(30)28(21)22)12-11-26-13-15-31-16-14-26;1-12(2)7-6-9-4-5-11(14-3)10(13)8-9/h3-8,21-22H,9-16H2,1-2H3;4-5,8,13H,6-7H2,1-3H3. The highest BCUT2D eigenvalue weighted by Gasteiger charge is 2.52. The minimum absolute atomic E-state index is 0.0324. The summed E-state index contributed by atoms with van der Waals surface area (Å²) in [4.78, 5) is 36.2. The maximum Gasteiger partial charge on any atom is 0.328 e. The number of imide groups is 1. The van der Waals surface area contributed by atoms with Crippen molar-refractivity contribution in [3.63, 3.8) is 0 Å². The fourth-order valence-corrected chi connectivity index (χ4v) is 6.54. The van der Waals surface area contributed by atoms with E-state index in [4.69, 9.17) is 9.47 Å². The van der Waals surface area contributed by atoms with Gasteiger partial charge in [0.25, 0.3) is 5.91 Å². The molecule has 3 aliphatic heterocycles. The van der Waals surface area contributed by atoms with Crippen LogP contribution in [-0.2, 0) is 16.0 Å². The Morgan fingerprint density at radius 2 is 1.62 bits per heavy atom. The number of carbonyl (C=O) groups excluding carboxylic acids is 2. The molecule has 0 radical (unpaired) electrons. The molecule has 2 unspecified atom stereocenters. The number of hydrogen-bond acceptors (Lipinski definition) is 8. The number of amides is 3. The van der Waals surface area contributed by atoms with Crippen LogP contribution in [0.1, 0.15) is 30.0 Å². The van der Waals surface area contributed by atoms with Crippen molar-refractivity contribution in [1.29, 1.82) is 0 Å². The maximum absolute atomic E-state index is 13.3. The average molecular weight is 618 g/mol. The molecule has 45 heavy (non-hydrogen) atoms. The van der Waals surface area contributed by atoms with E-state index in [1.54, 1.807) is 19.2 Å². The summed E-state index contributed by atoms with van der Waals surface area (Å²) in [5.74, 6) is 0.706. The van der Waals surface area contributed by atoms with Crippen LogP contribution in [0.25, 0.3) is 10.8 Å². The van der Waals surface area contributed by atoms with E-state index in [-0.39, 0.29) is 29.8 Å². The molecule has 3 heterocycles. The van der Waals surface area contributed by atoms with E-state index in [2.05, 4.69) is 45.0 Å². The van der Waals surface area contributed by atoms with Crippen molar-refractivity contribution in [2.45, 2.75) is 31.3 Å². The van der Waals surface area contributed by atoms with Crippen LogP contribution >= 0.6 is 0 Å². The lowest BCUT2D eigenvalue weighted by atomic mass is 9.95. The third kappa shape index (κ3) is 7.19. The molecule has 3 amide bonds. The molecule has 3 aromatic rings. The van der Waals surface area contributed by atoms with Gasteiger partial charge in [0.1, 0.15) is 6.04 Å². The van der Waals surface area contributed by atoms with Gasteiger partial charge in [-0.3, -0.25) is 14.6 Å². The Kier molecular flexibility index (Phi) is 10.5. The van der Waals surface area contributed by atoms with Gasteiger partial charge in [-0.25, -0.2) is 4.79 Å². The van der Waals surface area contributed by atoms with E-state index in [1.807, 2.05) is 45.2 Å². The summed E-state index contributed by atoms with van der Waals surface area (Å²) in [5.41, 5.74) is 3.42. The number of phenols is 1. The first-order valence-electron chi connectivity index (χ1n) is 15.8. The molecule has 10 heteroatoms. The molecule has 0 aromatic heterocycles. The molecule has 10 nitrogen and oxygen atoms in total. The molecule has 6 rings (SSSR count). The van der Waals surface area contributed by atoms with Gasteiger partial charge < -0.3 is 29.3 Å². The summed E-state index contributed by atoms with van der Waals surface area (Å²) < 4.78 is 10.4. The SMILES string of the molecule is CN(C)c1ccc(C2CCC3C(=O)N(CCN4CCOCC4)C(=O)N32)c2ccccc12.COc1ccc(CCN(C)C)cc1O. The Bertz CT molecular complexity index is 1490. The molecule has 3 saturated heterocycles. The molecule has 0 saturated carbocycles. The van der Waals surface area contributed by atoms with Gasteiger partial charge in [-0.1, -0.05) is 36.4 Å². The zero-order chi connectivity index (χ0) is 32.1. The Morgan fingerprint density at radius 3 is 2.29 bits per heavy atom. The monoisotopic (exact) mass is 617 g/mol. The van der Waals surface area contributed by atoms with Crippen LogP contribution in [0, 0.1) is 0 Å². The van der Waals surface area contributed by atoms with Crippen molar-refractivity contribution < 1.29 is 24.2 Å². The second kappa shape index (κ2) is 14.5. The molecular weight excluding hydrogens is 570 g/mol. The smallest absolute Gasteiger partial charge is 0.328 e. The predicted molar refractivity (Wildman–Crippen MR) is 177 cm³/mol. The second-order valence-electron chi connectivity index (χ2n) is 12.4.